The lowest BCUT2D eigenvalue weighted by atomic mass is 10.1. The maximum atomic E-state index is 13.3. The van der Waals surface area contributed by atoms with Crippen molar-refractivity contribution in [2.45, 2.75) is 13.5 Å². The monoisotopic (exact) mass is 314 g/mol. The van der Waals surface area contributed by atoms with Crippen LogP contribution >= 0.6 is 0 Å². The van der Waals surface area contributed by atoms with Crippen LogP contribution in [0.15, 0.2) is 35.4 Å². The number of hydrogen-bond acceptors (Lipinski definition) is 3. The smallest absolute Gasteiger partial charge is 0.254 e. The Hall–Kier alpha value is -2.96. The molecule has 7 heteroatoms. The molecule has 0 unspecified atom stereocenters. The summed E-state index contributed by atoms with van der Waals surface area (Å²) in [5, 5.41) is 2.74. The van der Waals surface area contributed by atoms with E-state index in [9.17, 15) is 14.0 Å². The summed E-state index contributed by atoms with van der Waals surface area (Å²) < 4.78 is 14.9. The van der Waals surface area contributed by atoms with Crippen molar-refractivity contribution in [2.75, 3.05) is 0 Å². The predicted molar refractivity (Wildman–Crippen MR) is 83.6 cm³/mol. The normalized spacial score (nSPS) is 10.9. The number of fused-ring (bicyclic) bond motifs is 1. The number of imidazole rings is 1. The molecule has 0 aliphatic rings. The van der Waals surface area contributed by atoms with Crippen LogP contribution in [0.1, 0.15) is 21.5 Å². The summed E-state index contributed by atoms with van der Waals surface area (Å²) in [7, 11) is 1.74. The average Bonchev–Trinajstić information content (AvgIpc) is 2.88. The van der Waals surface area contributed by atoms with E-state index in [-0.39, 0.29) is 29.4 Å². The molecule has 0 bridgehead atoms. The standard InChI is InChI=1S/C16H15FN4O2/c1-9-5-10(3-4-12(9)17)7-18-16(23)11-6-13(22)20-15-14(11)21(2)8-19-15/h3-6,8H,7H2,1-2H3,(H,18,23)(H,20,22). The second-order valence-electron chi connectivity index (χ2n) is 5.37. The second-order valence-corrected chi connectivity index (χ2v) is 5.37. The fourth-order valence-corrected chi connectivity index (χ4v) is 2.46. The number of nitrogens with zero attached hydrogens (tertiary/aromatic N) is 2. The molecule has 3 rings (SSSR count). The van der Waals surface area contributed by atoms with Gasteiger partial charge in [0, 0.05) is 19.7 Å². The highest BCUT2D eigenvalue weighted by molar-refractivity contribution is 6.04. The van der Waals surface area contributed by atoms with Crippen molar-refractivity contribution in [3.63, 3.8) is 0 Å². The molecule has 1 aromatic carbocycles. The van der Waals surface area contributed by atoms with E-state index in [1.165, 1.54) is 18.5 Å². The fraction of sp³-hybridized carbons (Fsp3) is 0.188. The van der Waals surface area contributed by atoms with Gasteiger partial charge in [-0.1, -0.05) is 12.1 Å². The van der Waals surface area contributed by atoms with Crippen molar-refractivity contribution in [1.29, 1.82) is 0 Å². The number of aromatic nitrogens is 3. The summed E-state index contributed by atoms with van der Waals surface area (Å²) in [6.07, 6.45) is 1.53. The Kier molecular flexibility index (Phi) is 3.69. The molecular formula is C16H15FN4O2. The summed E-state index contributed by atoms with van der Waals surface area (Å²) in [4.78, 5) is 30.7. The van der Waals surface area contributed by atoms with Crippen LogP contribution in [0.5, 0.6) is 0 Å². The molecule has 3 aromatic rings. The molecule has 2 heterocycles. The summed E-state index contributed by atoms with van der Waals surface area (Å²) in [6.45, 7) is 1.91. The number of amides is 1. The first-order chi connectivity index (χ1) is 11.0. The first kappa shape index (κ1) is 15.0. The van der Waals surface area contributed by atoms with Crippen LogP contribution in [0.4, 0.5) is 4.39 Å². The molecule has 0 aliphatic heterocycles. The summed E-state index contributed by atoms with van der Waals surface area (Å²) in [5.41, 5.74) is 2.08. The minimum atomic E-state index is -0.390. The Labute approximate surface area is 131 Å². The SMILES string of the molecule is Cc1cc(CNC(=O)c2cc(=O)[nH]c3ncn(C)c23)ccc1F. The molecule has 0 radical (unpaired) electrons. The van der Waals surface area contributed by atoms with Gasteiger partial charge in [0.2, 0.25) is 5.56 Å². The van der Waals surface area contributed by atoms with Crippen LogP contribution in [-0.2, 0) is 13.6 Å². The topological polar surface area (TPSA) is 79.8 Å². The van der Waals surface area contributed by atoms with Gasteiger partial charge >= 0.3 is 0 Å². The van der Waals surface area contributed by atoms with E-state index in [0.29, 0.717) is 16.7 Å². The lowest BCUT2D eigenvalue weighted by molar-refractivity contribution is 0.0952. The van der Waals surface area contributed by atoms with E-state index in [2.05, 4.69) is 15.3 Å². The van der Waals surface area contributed by atoms with Gasteiger partial charge in [-0.05, 0) is 24.1 Å². The van der Waals surface area contributed by atoms with Gasteiger partial charge in [0.15, 0.2) is 5.65 Å². The Morgan fingerprint density at radius 3 is 2.91 bits per heavy atom. The van der Waals surface area contributed by atoms with Crippen molar-refractivity contribution in [3.05, 3.63) is 63.5 Å². The zero-order chi connectivity index (χ0) is 16.6. The lowest BCUT2D eigenvalue weighted by Crippen LogP contribution is -2.25. The maximum absolute atomic E-state index is 13.3. The molecule has 0 fully saturated rings. The Morgan fingerprint density at radius 1 is 1.39 bits per heavy atom. The van der Waals surface area contributed by atoms with E-state index < -0.39 is 0 Å². The number of hydrogen-bond donors (Lipinski definition) is 2. The van der Waals surface area contributed by atoms with Crippen molar-refractivity contribution in [1.82, 2.24) is 19.9 Å². The Balaban J connectivity index is 1.87. The molecule has 1 amide bonds. The molecule has 23 heavy (non-hydrogen) atoms. The number of carbonyl (C=O) groups is 1. The number of benzene rings is 1. The van der Waals surface area contributed by atoms with Crippen LogP contribution in [0.3, 0.4) is 0 Å². The molecule has 0 saturated carbocycles. The Morgan fingerprint density at radius 2 is 2.17 bits per heavy atom. The third kappa shape index (κ3) is 2.85. The van der Waals surface area contributed by atoms with Gasteiger partial charge in [0.25, 0.3) is 5.91 Å². The molecular weight excluding hydrogens is 299 g/mol. The minimum absolute atomic E-state index is 0.242. The average molecular weight is 314 g/mol. The number of aryl methyl sites for hydroxylation is 2. The summed E-state index contributed by atoms with van der Waals surface area (Å²) in [5.74, 6) is -0.669. The molecule has 118 valence electrons. The second kappa shape index (κ2) is 5.68. The van der Waals surface area contributed by atoms with Gasteiger partial charge in [-0.3, -0.25) is 9.59 Å². The van der Waals surface area contributed by atoms with Crippen molar-refractivity contribution in [3.8, 4) is 0 Å². The fourth-order valence-electron chi connectivity index (χ4n) is 2.46. The first-order valence-electron chi connectivity index (χ1n) is 7.03. The van der Waals surface area contributed by atoms with Crippen LogP contribution in [0, 0.1) is 12.7 Å². The first-order valence-corrected chi connectivity index (χ1v) is 7.03. The van der Waals surface area contributed by atoms with E-state index in [1.807, 2.05) is 0 Å². The van der Waals surface area contributed by atoms with E-state index >= 15 is 0 Å². The van der Waals surface area contributed by atoms with Crippen LogP contribution in [0.25, 0.3) is 11.2 Å². The quantitative estimate of drug-likeness (QED) is 0.771. The number of carbonyl (C=O) groups excluding carboxylic acids is 1. The molecule has 0 spiro atoms. The number of H-pyrrole nitrogens is 1. The molecule has 6 nitrogen and oxygen atoms in total. The van der Waals surface area contributed by atoms with Crippen molar-refractivity contribution >= 4 is 17.1 Å². The van der Waals surface area contributed by atoms with Gasteiger partial charge in [-0.15, -0.1) is 0 Å². The maximum Gasteiger partial charge on any atom is 0.254 e. The van der Waals surface area contributed by atoms with Gasteiger partial charge in [0.1, 0.15) is 5.82 Å². The van der Waals surface area contributed by atoms with E-state index in [0.717, 1.165) is 5.56 Å². The third-order valence-electron chi connectivity index (χ3n) is 3.63. The number of rotatable bonds is 3. The largest absolute Gasteiger partial charge is 0.348 e. The number of halogens is 1. The van der Waals surface area contributed by atoms with Crippen molar-refractivity contribution < 1.29 is 9.18 Å². The number of aromatic amines is 1. The van der Waals surface area contributed by atoms with E-state index in [1.54, 1.807) is 30.7 Å². The van der Waals surface area contributed by atoms with Crippen molar-refractivity contribution in [2.24, 2.45) is 7.05 Å². The minimum Gasteiger partial charge on any atom is -0.348 e. The van der Waals surface area contributed by atoms with Gasteiger partial charge < -0.3 is 14.9 Å². The highest BCUT2D eigenvalue weighted by Crippen LogP contribution is 2.13. The lowest BCUT2D eigenvalue weighted by Gasteiger charge is -2.08. The summed E-state index contributed by atoms with van der Waals surface area (Å²) >= 11 is 0. The number of nitrogens with one attached hydrogen (secondary N) is 2. The van der Waals surface area contributed by atoms with Gasteiger partial charge in [-0.25, -0.2) is 9.37 Å². The summed E-state index contributed by atoms with van der Waals surface area (Å²) in [6, 6.07) is 5.89. The molecule has 0 saturated heterocycles. The highest BCUT2D eigenvalue weighted by Gasteiger charge is 2.15. The molecule has 0 atom stereocenters. The predicted octanol–water partition coefficient (Wildman–Crippen LogP) is 1.64. The van der Waals surface area contributed by atoms with Crippen LogP contribution in [-0.4, -0.2) is 20.4 Å². The van der Waals surface area contributed by atoms with E-state index in [4.69, 9.17) is 0 Å². The molecule has 2 N–H and O–H groups in total. The molecule has 2 aromatic heterocycles. The Bertz CT molecular complexity index is 958. The zero-order valence-electron chi connectivity index (χ0n) is 12.7. The van der Waals surface area contributed by atoms with Crippen LogP contribution in [0.2, 0.25) is 0 Å². The van der Waals surface area contributed by atoms with Crippen LogP contribution < -0.4 is 10.9 Å². The van der Waals surface area contributed by atoms with Gasteiger partial charge in [0.05, 0.1) is 17.4 Å². The molecule has 0 aliphatic carbocycles. The zero-order valence-corrected chi connectivity index (χ0v) is 12.7. The van der Waals surface area contributed by atoms with Gasteiger partial charge in [-0.2, -0.15) is 0 Å². The highest BCUT2D eigenvalue weighted by atomic mass is 19.1. The number of pyridine rings is 1. The third-order valence-corrected chi connectivity index (χ3v) is 3.63.